The lowest BCUT2D eigenvalue weighted by molar-refractivity contribution is -0.147. The maximum atomic E-state index is 13.3. The Morgan fingerprint density at radius 3 is 2.77 bits per heavy atom. The van der Waals surface area contributed by atoms with Crippen molar-refractivity contribution in [3.8, 4) is 0 Å². The summed E-state index contributed by atoms with van der Waals surface area (Å²) in [5, 5.41) is 11.4. The van der Waals surface area contributed by atoms with E-state index in [9.17, 15) is 18.0 Å². The Balaban J connectivity index is 1.41. The standard InChI is InChI=1S/C22H27F3N8OS/c1-3-4-15-9-16-18(32-7-8-33-17(12-32)29-30-20(33)22(23,24)25)27-21(28-19(16)35-15)26-10-14-5-6-31(11-14)13(2)34/h9,14H,3-8,10-12H2,1-2H3,(H,26,27,28). The molecule has 1 amide bonds. The zero-order valence-electron chi connectivity index (χ0n) is 19.6. The molecule has 0 saturated carbocycles. The van der Waals surface area contributed by atoms with Crippen molar-refractivity contribution in [1.29, 1.82) is 0 Å². The van der Waals surface area contributed by atoms with Crippen molar-refractivity contribution in [2.75, 3.05) is 36.4 Å². The van der Waals surface area contributed by atoms with Gasteiger partial charge in [0.1, 0.15) is 10.6 Å². The van der Waals surface area contributed by atoms with E-state index >= 15 is 0 Å². The summed E-state index contributed by atoms with van der Waals surface area (Å²) >= 11 is 1.62. The van der Waals surface area contributed by atoms with E-state index in [4.69, 9.17) is 9.97 Å². The van der Waals surface area contributed by atoms with E-state index in [0.29, 0.717) is 37.3 Å². The molecule has 35 heavy (non-hydrogen) atoms. The summed E-state index contributed by atoms with van der Waals surface area (Å²) in [5.74, 6) is 0.886. The first-order valence-corrected chi connectivity index (χ1v) is 12.6. The van der Waals surface area contributed by atoms with Crippen LogP contribution in [0.3, 0.4) is 0 Å². The second-order valence-corrected chi connectivity index (χ2v) is 10.2. The van der Waals surface area contributed by atoms with Crippen LogP contribution >= 0.6 is 11.3 Å². The predicted octanol–water partition coefficient (Wildman–Crippen LogP) is 3.55. The van der Waals surface area contributed by atoms with Gasteiger partial charge in [-0.1, -0.05) is 13.3 Å². The Hall–Kier alpha value is -2.96. The lowest BCUT2D eigenvalue weighted by Gasteiger charge is -2.29. The molecule has 9 nitrogen and oxygen atoms in total. The summed E-state index contributed by atoms with van der Waals surface area (Å²) in [6.07, 6.45) is -1.69. The van der Waals surface area contributed by atoms with Crippen molar-refractivity contribution >= 4 is 39.2 Å². The number of alkyl halides is 3. The Bertz CT molecular complexity index is 1240. The molecular weight excluding hydrogens is 481 g/mol. The lowest BCUT2D eigenvalue weighted by Crippen LogP contribution is -2.36. The monoisotopic (exact) mass is 508 g/mol. The molecule has 1 unspecified atom stereocenters. The molecule has 3 aromatic rings. The molecule has 13 heteroatoms. The van der Waals surface area contributed by atoms with Gasteiger partial charge in [0.05, 0.1) is 11.9 Å². The van der Waals surface area contributed by atoms with Crippen LogP contribution in [0.4, 0.5) is 24.9 Å². The molecular formula is C22H27F3N8OS. The van der Waals surface area contributed by atoms with E-state index < -0.39 is 12.0 Å². The number of aryl methyl sites for hydroxylation is 1. The highest BCUT2D eigenvalue weighted by molar-refractivity contribution is 7.18. The van der Waals surface area contributed by atoms with Gasteiger partial charge in [-0.15, -0.1) is 21.5 Å². The number of fused-ring (bicyclic) bond motifs is 2. The normalized spacial score (nSPS) is 18.4. The van der Waals surface area contributed by atoms with Gasteiger partial charge in [-0.05, 0) is 24.8 Å². The molecule has 188 valence electrons. The summed E-state index contributed by atoms with van der Waals surface area (Å²) in [4.78, 5) is 27.0. The van der Waals surface area contributed by atoms with Crippen LogP contribution in [0.2, 0.25) is 0 Å². The van der Waals surface area contributed by atoms with Gasteiger partial charge in [0.15, 0.2) is 5.82 Å². The lowest BCUT2D eigenvalue weighted by atomic mass is 10.1. The van der Waals surface area contributed by atoms with E-state index in [1.54, 1.807) is 18.3 Å². The van der Waals surface area contributed by atoms with Crippen molar-refractivity contribution in [2.45, 2.75) is 52.4 Å². The average Bonchev–Trinajstić information content (AvgIpc) is 3.54. The van der Waals surface area contributed by atoms with Crippen LogP contribution in [0.5, 0.6) is 0 Å². The maximum Gasteiger partial charge on any atom is 0.451 e. The Kier molecular flexibility index (Phi) is 6.28. The molecule has 1 atom stereocenters. The molecule has 0 aromatic carbocycles. The molecule has 2 aliphatic heterocycles. The number of halogens is 3. The number of nitrogens with zero attached hydrogens (tertiary/aromatic N) is 7. The van der Waals surface area contributed by atoms with Gasteiger partial charge < -0.3 is 19.7 Å². The van der Waals surface area contributed by atoms with Crippen LogP contribution in [-0.2, 0) is 30.5 Å². The quantitative estimate of drug-likeness (QED) is 0.544. The van der Waals surface area contributed by atoms with E-state index in [1.807, 2.05) is 9.80 Å². The minimum Gasteiger partial charge on any atom is -0.354 e. The highest BCUT2D eigenvalue weighted by Gasteiger charge is 2.39. The zero-order valence-corrected chi connectivity index (χ0v) is 20.4. The summed E-state index contributed by atoms with van der Waals surface area (Å²) < 4.78 is 40.9. The van der Waals surface area contributed by atoms with Crippen LogP contribution in [0, 0.1) is 5.92 Å². The summed E-state index contributed by atoms with van der Waals surface area (Å²) in [6, 6.07) is 2.09. The van der Waals surface area contributed by atoms with E-state index in [-0.39, 0.29) is 24.8 Å². The fourth-order valence-electron chi connectivity index (χ4n) is 4.72. The SMILES string of the molecule is CCCc1cc2c(N3CCn4c(nnc4C(F)(F)F)C3)nc(NCC3CCN(C(C)=O)C3)nc2s1. The van der Waals surface area contributed by atoms with Gasteiger partial charge in [0.2, 0.25) is 17.7 Å². The van der Waals surface area contributed by atoms with Gasteiger partial charge in [-0.3, -0.25) is 4.79 Å². The third-order valence-electron chi connectivity index (χ3n) is 6.51. The van der Waals surface area contributed by atoms with Crippen LogP contribution in [0.15, 0.2) is 6.07 Å². The van der Waals surface area contributed by atoms with Crippen LogP contribution < -0.4 is 10.2 Å². The van der Waals surface area contributed by atoms with Crippen LogP contribution in [0.1, 0.15) is 43.2 Å². The number of hydrogen-bond donors (Lipinski definition) is 1. The van der Waals surface area contributed by atoms with E-state index in [2.05, 4.69) is 28.5 Å². The van der Waals surface area contributed by atoms with Crippen molar-refractivity contribution < 1.29 is 18.0 Å². The topological polar surface area (TPSA) is 92.1 Å². The van der Waals surface area contributed by atoms with Crippen molar-refractivity contribution in [3.05, 3.63) is 22.6 Å². The fourth-order valence-corrected chi connectivity index (χ4v) is 5.84. The molecule has 5 heterocycles. The predicted molar refractivity (Wildman–Crippen MR) is 126 cm³/mol. The summed E-state index contributed by atoms with van der Waals surface area (Å²) in [7, 11) is 0. The highest BCUT2D eigenvalue weighted by Crippen LogP contribution is 2.35. The van der Waals surface area contributed by atoms with Gasteiger partial charge >= 0.3 is 6.18 Å². The Morgan fingerprint density at radius 2 is 2.06 bits per heavy atom. The van der Waals surface area contributed by atoms with E-state index in [0.717, 1.165) is 40.6 Å². The third-order valence-corrected chi connectivity index (χ3v) is 7.60. The molecule has 0 bridgehead atoms. The fraction of sp³-hybridized carbons (Fsp3) is 0.591. The Morgan fingerprint density at radius 1 is 1.23 bits per heavy atom. The van der Waals surface area contributed by atoms with Crippen molar-refractivity contribution in [3.63, 3.8) is 0 Å². The number of amides is 1. The molecule has 1 N–H and O–H groups in total. The smallest absolute Gasteiger partial charge is 0.354 e. The number of nitrogens with one attached hydrogen (secondary N) is 1. The number of hydrogen-bond acceptors (Lipinski definition) is 8. The van der Waals surface area contributed by atoms with Crippen molar-refractivity contribution in [1.82, 2.24) is 29.6 Å². The summed E-state index contributed by atoms with van der Waals surface area (Å²) in [5.41, 5.74) is 0. The minimum absolute atomic E-state index is 0.0844. The molecule has 5 rings (SSSR count). The average molecular weight is 509 g/mol. The largest absolute Gasteiger partial charge is 0.451 e. The molecule has 2 aliphatic rings. The molecule has 0 aliphatic carbocycles. The zero-order chi connectivity index (χ0) is 24.7. The van der Waals surface area contributed by atoms with Gasteiger partial charge in [-0.2, -0.15) is 18.2 Å². The van der Waals surface area contributed by atoms with E-state index in [1.165, 1.54) is 4.88 Å². The van der Waals surface area contributed by atoms with Crippen molar-refractivity contribution in [2.24, 2.45) is 5.92 Å². The molecule has 3 aromatic heterocycles. The Labute approximate surface area is 204 Å². The minimum atomic E-state index is -4.53. The number of carbonyl (C=O) groups is 1. The molecule has 1 fully saturated rings. The van der Waals surface area contributed by atoms with Gasteiger partial charge in [-0.25, -0.2) is 4.98 Å². The number of anilines is 2. The number of aromatic nitrogens is 5. The second kappa shape index (κ2) is 9.25. The second-order valence-electron chi connectivity index (χ2n) is 9.06. The van der Waals surface area contributed by atoms with Crippen LogP contribution in [0.25, 0.3) is 10.2 Å². The van der Waals surface area contributed by atoms with Gasteiger partial charge in [0, 0.05) is 44.5 Å². The number of thiophene rings is 1. The van der Waals surface area contributed by atoms with Crippen LogP contribution in [-0.4, -0.2) is 61.7 Å². The number of carbonyl (C=O) groups excluding carboxylic acids is 1. The number of rotatable bonds is 6. The molecule has 1 saturated heterocycles. The first-order valence-electron chi connectivity index (χ1n) is 11.8. The maximum absolute atomic E-state index is 13.3. The highest BCUT2D eigenvalue weighted by atomic mass is 32.1. The first-order chi connectivity index (χ1) is 16.7. The van der Waals surface area contributed by atoms with Gasteiger partial charge in [0.25, 0.3) is 0 Å². The number of likely N-dealkylation sites (tertiary alicyclic amines) is 1. The molecule has 0 spiro atoms. The third kappa shape index (κ3) is 4.78. The molecule has 0 radical (unpaired) electrons. The summed E-state index contributed by atoms with van der Waals surface area (Å²) in [6.45, 7) is 6.48. The first kappa shape index (κ1) is 23.8.